The van der Waals surface area contributed by atoms with Gasteiger partial charge in [-0.1, -0.05) is 18.2 Å². The number of nitrogens with one attached hydrogen (secondary N) is 2. The number of H-pyrrole nitrogens is 1. The van der Waals surface area contributed by atoms with Crippen LogP contribution in [0.4, 0.5) is 10.1 Å². The van der Waals surface area contributed by atoms with Crippen LogP contribution in [0, 0.1) is 5.82 Å². The lowest BCUT2D eigenvalue weighted by molar-refractivity contribution is -0.116. The molecular formula is C18H16FN3O2. The van der Waals surface area contributed by atoms with Crippen molar-refractivity contribution in [3.63, 3.8) is 0 Å². The van der Waals surface area contributed by atoms with Crippen LogP contribution in [0.1, 0.15) is 18.7 Å². The highest BCUT2D eigenvalue weighted by atomic mass is 19.1. The van der Waals surface area contributed by atoms with Gasteiger partial charge in [0.15, 0.2) is 0 Å². The Kier molecular flexibility index (Phi) is 4.65. The first-order valence-corrected chi connectivity index (χ1v) is 7.65. The maximum Gasteiger partial charge on any atom is 0.258 e. The van der Waals surface area contributed by atoms with Crippen LogP contribution in [0.3, 0.4) is 0 Å². The van der Waals surface area contributed by atoms with Crippen molar-refractivity contribution in [2.45, 2.75) is 19.3 Å². The number of rotatable bonds is 5. The average Bonchev–Trinajstić information content (AvgIpc) is 2.55. The number of aromatic nitrogens is 2. The summed E-state index contributed by atoms with van der Waals surface area (Å²) in [4.78, 5) is 31.0. The van der Waals surface area contributed by atoms with Gasteiger partial charge in [-0.25, -0.2) is 9.37 Å². The molecule has 0 aliphatic carbocycles. The van der Waals surface area contributed by atoms with E-state index in [0.29, 0.717) is 35.3 Å². The van der Waals surface area contributed by atoms with Gasteiger partial charge in [-0.15, -0.1) is 0 Å². The Morgan fingerprint density at radius 2 is 2.00 bits per heavy atom. The monoisotopic (exact) mass is 325 g/mol. The van der Waals surface area contributed by atoms with E-state index in [9.17, 15) is 14.0 Å². The molecule has 0 unspecified atom stereocenters. The Balaban J connectivity index is 1.58. The van der Waals surface area contributed by atoms with Gasteiger partial charge in [-0.2, -0.15) is 0 Å². The number of nitrogens with zero attached hydrogens (tertiary/aromatic N) is 1. The van der Waals surface area contributed by atoms with E-state index in [0.717, 1.165) is 0 Å². The number of amides is 1. The highest BCUT2D eigenvalue weighted by Gasteiger charge is 2.06. The second-order valence-electron chi connectivity index (χ2n) is 5.44. The zero-order chi connectivity index (χ0) is 16.9. The van der Waals surface area contributed by atoms with E-state index in [1.54, 1.807) is 24.3 Å². The standard InChI is InChI=1S/C18H16FN3O2/c19-12-5-3-6-13(11-12)20-17(23)10-4-9-16-21-15-8-2-1-7-14(15)18(24)22-16/h1-3,5-8,11H,4,9-10H2,(H,20,23)(H,21,22,24). The highest BCUT2D eigenvalue weighted by Crippen LogP contribution is 2.11. The van der Waals surface area contributed by atoms with Crippen molar-refractivity contribution < 1.29 is 9.18 Å². The molecule has 3 rings (SSSR count). The predicted octanol–water partition coefficient (Wildman–Crippen LogP) is 3.02. The smallest absolute Gasteiger partial charge is 0.258 e. The molecule has 1 aromatic heterocycles. The number of aryl methyl sites for hydroxylation is 1. The molecule has 0 radical (unpaired) electrons. The Morgan fingerprint density at radius 1 is 1.17 bits per heavy atom. The van der Waals surface area contributed by atoms with Gasteiger partial charge in [-0.05, 0) is 36.8 Å². The van der Waals surface area contributed by atoms with Gasteiger partial charge in [0.05, 0.1) is 10.9 Å². The van der Waals surface area contributed by atoms with Crippen molar-refractivity contribution >= 4 is 22.5 Å². The number of hydrogen-bond acceptors (Lipinski definition) is 3. The Hall–Kier alpha value is -3.02. The molecule has 0 fully saturated rings. The molecule has 0 aliphatic rings. The first kappa shape index (κ1) is 15.9. The van der Waals surface area contributed by atoms with Crippen LogP contribution in [0.15, 0.2) is 53.3 Å². The van der Waals surface area contributed by atoms with Gasteiger partial charge in [0, 0.05) is 18.5 Å². The summed E-state index contributed by atoms with van der Waals surface area (Å²) in [7, 11) is 0. The summed E-state index contributed by atoms with van der Waals surface area (Å²) in [5, 5.41) is 3.19. The fourth-order valence-electron chi connectivity index (χ4n) is 2.46. The zero-order valence-electron chi connectivity index (χ0n) is 12.9. The Labute approximate surface area is 137 Å². The maximum atomic E-state index is 13.1. The van der Waals surface area contributed by atoms with Crippen LogP contribution in [0.25, 0.3) is 10.9 Å². The topological polar surface area (TPSA) is 74.8 Å². The lowest BCUT2D eigenvalue weighted by Crippen LogP contribution is -2.14. The lowest BCUT2D eigenvalue weighted by atomic mass is 10.2. The summed E-state index contributed by atoms with van der Waals surface area (Å²) in [6.07, 6.45) is 1.27. The molecule has 3 aromatic rings. The van der Waals surface area contributed by atoms with Gasteiger partial charge in [0.25, 0.3) is 5.56 Å². The van der Waals surface area contributed by atoms with Gasteiger partial charge in [-0.3, -0.25) is 9.59 Å². The van der Waals surface area contributed by atoms with Gasteiger partial charge in [0.1, 0.15) is 11.6 Å². The van der Waals surface area contributed by atoms with Gasteiger partial charge in [0.2, 0.25) is 5.91 Å². The summed E-state index contributed by atoms with van der Waals surface area (Å²) in [5.74, 6) is -0.0493. The number of carbonyl (C=O) groups excluding carboxylic acids is 1. The third-order valence-corrected chi connectivity index (χ3v) is 3.59. The molecule has 0 atom stereocenters. The third kappa shape index (κ3) is 3.84. The van der Waals surface area contributed by atoms with Crippen molar-refractivity contribution in [1.82, 2.24) is 9.97 Å². The minimum Gasteiger partial charge on any atom is -0.326 e. The van der Waals surface area contributed by atoms with E-state index in [2.05, 4.69) is 15.3 Å². The second kappa shape index (κ2) is 7.04. The number of fused-ring (bicyclic) bond motifs is 1. The van der Waals surface area contributed by atoms with Crippen LogP contribution in [-0.2, 0) is 11.2 Å². The number of halogens is 1. The molecule has 0 spiro atoms. The molecule has 0 aliphatic heterocycles. The Morgan fingerprint density at radius 3 is 2.83 bits per heavy atom. The second-order valence-corrected chi connectivity index (χ2v) is 5.44. The van der Waals surface area contributed by atoms with Crippen molar-refractivity contribution in [2.75, 3.05) is 5.32 Å². The van der Waals surface area contributed by atoms with Crippen LogP contribution >= 0.6 is 0 Å². The van der Waals surface area contributed by atoms with Crippen LogP contribution < -0.4 is 10.9 Å². The number of hydrogen-bond donors (Lipinski definition) is 2. The number of para-hydroxylation sites is 1. The van der Waals surface area contributed by atoms with Crippen molar-refractivity contribution in [2.24, 2.45) is 0 Å². The number of carbonyl (C=O) groups is 1. The molecular weight excluding hydrogens is 309 g/mol. The molecule has 1 heterocycles. The first-order valence-electron chi connectivity index (χ1n) is 7.65. The number of benzene rings is 2. The Bertz CT molecular complexity index is 937. The van der Waals surface area contributed by atoms with Crippen LogP contribution in [-0.4, -0.2) is 15.9 Å². The molecule has 0 saturated heterocycles. The highest BCUT2D eigenvalue weighted by molar-refractivity contribution is 5.90. The van der Waals surface area contributed by atoms with Crippen LogP contribution in [0.2, 0.25) is 0 Å². The molecule has 0 bridgehead atoms. The maximum absolute atomic E-state index is 13.1. The molecule has 122 valence electrons. The third-order valence-electron chi connectivity index (χ3n) is 3.59. The summed E-state index contributed by atoms with van der Waals surface area (Å²) in [6, 6.07) is 12.9. The molecule has 5 nitrogen and oxygen atoms in total. The largest absolute Gasteiger partial charge is 0.326 e. The minimum atomic E-state index is -0.397. The lowest BCUT2D eigenvalue weighted by Gasteiger charge is -2.05. The quantitative estimate of drug-likeness (QED) is 0.757. The normalized spacial score (nSPS) is 10.7. The van der Waals surface area contributed by atoms with E-state index in [4.69, 9.17) is 0 Å². The van der Waals surface area contributed by atoms with E-state index in [-0.39, 0.29) is 17.9 Å². The minimum absolute atomic E-state index is 0.181. The summed E-state index contributed by atoms with van der Waals surface area (Å²) in [5.41, 5.74) is 0.887. The summed E-state index contributed by atoms with van der Waals surface area (Å²) >= 11 is 0. The first-order chi connectivity index (χ1) is 11.6. The van der Waals surface area contributed by atoms with Crippen molar-refractivity contribution in [1.29, 1.82) is 0 Å². The molecule has 1 amide bonds. The fraction of sp³-hybridized carbons (Fsp3) is 0.167. The van der Waals surface area contributed by atoms with Gasteiger partial charge >= 0.3 is 0 Å². The van der Waals surface area contributed by atoms with E-state index >= 15 is 0 Å². The zero-order valence-corrected chi connectivity index (χ0v) is 12.9. The molecule has 24 heavy (non-hydrogen) atoms. The summed E-state index contributed by atoms with van der Waals surface area (Å²) in [6.45, 7) is 0. The molecule has 6 heteroatoms. The van der Waals surface area contributed by atoms with Crippen molar-refractivity contribution in [3.05, 3.63) is 70.5 Å². The molecule has 2 N–H and O–H groups in total. The van der Waals surface area contributed by atoms with Crippen molar-refractivity contribution in [3.8, 4) is 0 Å². The number of anilines is 1. The molecule has 2 aromatic carbocycles. The van der Waals surface area contributed by atoms with E-state index < -0.39 is 5.82 Å². The number of aromatic amines is 1. The fourth-order valence-corrected chi connectivity index (χ4v) is 2.46. The SMILES string of the molecule is O=C(CCCc1nc2ccccc2c(=O)[nH]1)Nc1cccc(F)c1. The van der Waals surface area contributed by atoms with Gasteiger partial charge < -0.3 is 10.3 Å². The summed E-state index contributed by atoms with van der Waals surface area (Å²) < 4.78 is 13.1. The molecule has 0 saturated carbocycles. The van der Waals surface area contributed by atoms with E-state index in [1.807, 2.05) is 6.07 Å². The van der Waals surface area contributed by atoms with E-state index in [1.165, 1.54) is 18.2 Å². The predicted molar refractivity (Wildman–Crippen MR) is 90.3 cm³/mol. The average molecular weight is 325 g/mol. The van der Waals surface area contributed by atoms with Crippen LogP contribution in [0.5, 0.6) is 0 Å².